The van der Waals surface area contributed by atoms with E-state index in [1.54, 1.807) is 0 Å². The number of rotatable bonds is 4. The van der Waals surface area contributed by atoms with Crippen molar-refractivity contribution in [1.82, 2.24) is 9.97 Å². The predicted molar refractivity (Wildman–Crippen MR) is 95.5 cm³/mol. The Morgan fingerprint density at radius 2 is 1.73 bits per heavy atom. The van der Waals surface area contributed by atoms with E-state index >= 15 is 0 Å². The minimum absolute atomic E-state index is 0.0634. The van der Waals surface area contributed by atoms with Crippen molar-refractivity contribution in [2.75, 3.05) is 10.6 Å². The Hall–Kier alpha value is -3.35. The maximum absolute atomic E-state index is 13.6. The van der Waals surface area contributed by atoms with Gasteiger partial charge in [-0.2, -0.15) is 0 Å². The highest BCUT2D eigenvalue weighted by molar-refractivity contribution is 6.03. The molecule has 0 spiro atoms. The molecular formula is C19H16F2N4O. The van der Waals surface area contributed by atoms with Crippen molar-refractivity contribution in [3.05, 3.63) is 77.2 Å². The van der Waals surface area contributed by atoms with Crippen molar-refractivity contribution < 1.29 is 13.6 Å². The van der Waals surface area contributed by atoms with Gasteiger partial charge in [0.2, 0.25) is 0 Å². The molecule has 3 aromatic rings. The molecule has 5 nitrogen and oxygen atoms in total. The third-order valence-corrected chi connectivity index (χ3v) is 3.80. The van der Waals surface area contributed by atoms with Crippen LogP contribution in [0.2, 0.25) is 0 Å². The van der Waals surface area contributed by atoms with Gasteiger partial charge in [-0.1, -0.05) is 18.2 Å². The fourth-order valence-electron chi connectivity index (χ4n) is 2.43. The zero-order valence-corrected chi connectivity index (χ0v) is 14.2. The molecule has 7 heteroatoms. The minimum atomic E-state index is -0.747. The molecule has 0 radical (unpaired) electrons. The Morgan fingerprint density at radius 3 is 2.35 bits per heavy atom. The summed E-state index contributed by atoms with van der Waals surface area (Å²) in [5, 5.41) is 5.50. The number of benzene rings is 2. The lowest BCUT2D eigenvalue weighted by Gasteiger charge is -2.11. The summed E-state index contributed by atoms with van der Waals surface area (Å²) in [5.74, 6) is -1.57. The van der Waals surface area contributed by atoms with Crippen LogP contribution in [0.3, 0.4) is 0 Å². The maximum Gasteiger partial charge on any atom is 0.275 e. The lowest BCUT2D eigenvalue weighted by atomic mass is 10.1. The topological polar surface area (TPSA) is 66.9 Å². The fourth-order valence-corrected chi connectivity index (χ4v) is 2.43. The number of hydrogen-bond acceptors (Lipinski definition) is 4. The molecule has 0 saturated heterocycles. The molecule has 132 valence electrons. The van der Waals surface area contributed by atoms with Gasteiger partial charge in [-0.3, -0.25) is 4.79 Å². The second-order valence-electron chi connectivity index (χ2n) is 5.76. The number of nitrogens with one attached hydrogen (secondary N) is 2. The van der Waals surface area contributed by atoms with Crippen molar-refractivity contribution in [1.29, 1.82) is 0 Å². The normalized spacial score (nSPS) is 10.5. The number of carbonyl (C=O) groups excluding carboxylic acids is 1. The van der Waals surface area contributed by atoms with Crippen LogP contribution in [0.5, 0.6) is 0 Å². The molecule has 0 saturated carbocycles. The van der Waals surface area contributed by atoms with Crippen LogP contribution in [0.25, 0.3) is 0 Å². The standard InChI is InChI=1S/C19H16F2N4O/c1-11-4-3-5-12(2)18(11)25-19(26)16-9-23-17(10-22-16)24-15-7-6-13(20)8-14(15)21/h3-10H,1-2H3,(H,23,24)(H,25,26). The summed E-state index contributed by atoms with van der Waals surface area (Å²) in [6.45, 7) is 3.80. The van der Waals surface area contributed by atoms with Gasteiger partial charge in [0.15, 0.2) is 0 Å². The van der Waals surface area contributed by atoms with Crippen molar-refractivity contribution in [2.24, 2.45) is 0 Å². The van der Waals surface area contributed by atoms with Gasteiger partial charge in [-0.25, -0.2) is 18.7 Å². The lowest BCUT2D eigenvalue weighted by molar-refractivity contribution is 0.102. The summed E-state index contributed by atoms with van der Waals surface area (Å²) in [4.78, 5) is 20.4. The highest BCUT2D eigenvalue weighted by Crippen LogP contribution is 2.21. The zero-order valence-electron chi connectivity index (χ0n) is 14.2. The summed E-state index contributed by atoms with van der Waals surface area (Å²) in [6, 6.07) is 8.87. The maximum atomic E-state index is 13.6. The monoisotopic (exact) mass is 354 g/mol. The van der Waals surface area contributed by atoms with E-state index in [0.29, 0.717) is 0 Å². The third kappa shape index (κ3) is 3.83. The molecule has 2 aromatic carbocycles. The number of aryl methyl sites for hydroxylation is 2. The van der Waals surface area contributed by atoms with Crippen LogP contribution < -0.4 is 10.6 Å². The quantitative estimate of drug-likeness (QED) is 0.730. The molecule has 1 amide bonds. The summed E-state index contributed by atoms with van der Waals surface area (Å²) in [6.07, 6.45) is 2.59. The number of hydrogen-bond donors (Lipinski definition) is 2. The van der Waals surface area contributed by atoms with Crippen LogP contribution in [-0.2, 0) is 0 Å². The summed E-state index contributed by atoms with van der Waals surface area (Å²) in [5.41, 5.74) is 2.80. The van der Waals surface area contributed by atoms with Gasteiger partial charge in [-0.05, 0) is 37.1 Å². The van der Waals surface area contributed by atoms with Gasteiger partial charge in [0.25, 0.3) is 5.91 Å². The Bertz CT molecular complexity index is 938. The van der Waals surface area contributed by atoms with Crippen LogP contribution >= 0.6 is 0 Å². The van der Waals surface area contributed by atoms with E-state index in [1.807, 2.05) is 32.0 Å². The molecule has 0 fully saturated rings. The molecule has 0 aliphatic rings. The van der Waals surface area contributed by atoms with Crippen molar-refractivity contribution in [3.63, 3.8) is 0 Å². The zero-order chi connectivity index (χ0) is 18.7. The minimum Gasteiger partial charge on any atom is -0.337 e. The Labute approximate surface area is 149 Å². The van der Waals surface area contributed by atoms with Gasteiger partial charge < -0.3 is 10.6 Å². The number of aromatic nitrogens is 2. The van der Waals surface area contributed by atoms with Crippen LogP contribution in [0.15, 0.2) is 48.8 Å². The van der Waals surface area contributed by atoms with Crippen LogP contribution in [0.4, 0.5) is 26.0 Å². The molecule has 0 unspecified atom stereocenters. The third-order valence-electron chi connectivity index (χ3n) is 3.80. The number of amides is 1. The first kappa shape index (κ1) is 17.5. The second-order valence-corrected chi connectivity index (χ2v) is 5.76. The highest BCUT2D eigenvalue weighted by Gasteiger charge is 2.12. The molecule has 1 aromatic heterocycles. The van der Waals surface area contributed by atoms with E-state index in [1.165, 1.54) is 18.5 Å². The second kappa shape index (κ2) is 7.26. The first-order valence-corrected chi connectivity index (χ1v) is 7.86. The highest BCUT2D eigenvalue weighted by atomic mass is 19.1. The van der Waals surface area contributed by atoms with Gasteiger partial charge >= 0.3 is 0 Å². The Balaban J connectivity index is 1.74. The SMILES string of the molecule is Cc1cccc(C)c1NC(=O)c1cnc(Nc2ccc(F)cc2F)cn1. The molecule has 0 bridgehead atoms. The molecule has 1 heterocycles. The summed E-state index contributed by atoms with van der Waals surface area (Å²) in [7, 11) is 0. The molecule has 0 aliphatic carbocycles. The first-order valence-electron chi connectivity index (χ1n) is 7.86. The summed E-state index contributed by atoms with van der Waals surface area (Å²) >= 11 is 0. The van der Waals surface area contributed by atoms with Crippen molar-refractivity contribution >= 4 is 23.1 Å². The van der Waals surface area contributed by atoms with E-state index < -0.39 is 17.5 Å². The van der Waals surface area contributed by atoms with Crippen LogP contribution in [-0.4, -0.2) is 15.9 Å². The van der Waals surface area contributed by atoms with Crippen LogP contribution in [0, 0.1) is 25.5 Å². The van der Waals surface area contributed by atoms with Crippen LogP contribution in [0.1, 0.15) is 21.6 Å². The Morgan fingerprint density at radius 1 is 1.00 bits per heavy atom. The average molecular weight is 354 g/mol. The lowest BCUT2D eigenvalue weighted by Crippen LogP contribution is -2.15. The van der Waals surface area contributed by atoms with E-state index in [-0.39, 0.29) is 17.2 Å². The van der Waals surface area contributed by atoms with E-state index in [2.05, 4.69) is 20.6 Å². The Kier molecular flexibility index (Phi) is 4.88. The molecule has 0 atom stereocenters. The molecule has 26 heavy (non-hydrogen) atoms. The van der Waals surface area contributed by atoms with Gasteiger partial charge in [-0.15, -0.1) is 0 Å². The van der Waals surface area contributed by atoms with Crippen molar-refractivity contribution in [2.45, 2.75) is 13.8 Å². The molecule has 2 N–H and O–H groups in total. The number of halogens is 2. The van der Waals surface area contributed by atoms with Gasteiger partial charge in [0.05, 0.1) is 18.1 Å². The van der Waals surface area contributed by atoms with E-state index in [0.717, 1.165) is 28.9 Å². The van der Waals surface area contributed by atoms with Gasteiger partial charge in [0, 0.05) is 11.8 Å². The summed E-state index contributed by atoms with van der Waals surface area (Å²) < 4.78 is 26.6. The first-order chi connectivity index (χ1) is 12.4. The smallest absolute Gasteiger partial charge is 0.275 e. The number of carbonyl (C=O) groups is 1. The molecule has 0 aliphatic heterocycles. The van der Waals surface area contributed by atoms with Gasteiger partial charge in [0.1, 0.15) is 23.1 Å². The molecule has 3 rings (SSSR count). The fraction of sp³-hybridized carbons (Fsp3) is 0.105. The van der Waals surface area contributed by atoms with E-state index in [9.17, 15) is 13.6 Å². The average Bonchev–Trinajstić information content (AvgIpc) is 2.61. The number of anilines is 3. The molecular weight excluding hydrogens is 338 g/mol. The van der Waals surface area contributed by atoms with E-state index in [4.69, 9.17) is 0 Å². The largest absolute Gasteiger partial charge is 0.337 e. The number of nitrogens with zero attached hydrogens (tertiary/aromatic N) is 2. The number of para-hydroxylation sites is 1. The predicted octanol–water partition coefficient (Wildman–Crippen LogP) is 4.37. The van der Waals surface area contributed by atoms with Crippen molar-refractivity contribution in [3.8, 4) is 0 Å².